The molecule has 5 rings (SSSR count). The van der Waals surface area contributed by atoms with E-state index in [-0.39, 0.29) is 0 Å². The Hall–Kier alpha value is -3.32. The average molecular weight is 376 g/mol. The van der Waals surface area contributed by atoms with Gasteiger partial charge in [0.05, 0.1) is 7.11 Å². The Kier molecular flexibility index (Phi) is 4.44. The molecule has 29 heavy (non-hydrogen) atoms. The molecule has 0 atom stereocenters. The number of benzene rings is 4. The first-order valence-electron chi connectivity index (χ1n) is 10.2. The van der Waals surface area contributed by atoms with Gasteiger partial charge in [0.1, 0.15) is 5.75 Å². The first-order chi connectivity index (χ1) is 14.3. The van der Waals surface area contributed by atoms with Gasteiger partial charge in [-0.3, -0.25) is 0 Å². The van der Waals surface area contributed by atoms with Crippen LogP contribution in [0.5, 0.6) is 5.75 Å². The van der Waals surface area contributed by atoms with Crippen molar-refractivity contribution in [3.05, 3.63) is 88.8 Å². The van der Waals surface area contributed by atoms with Crippen LogP contribution in [0.4, 0.5) is 0 Å². The number of hydrogen-bond donors (Lipinski definition) is 0. The number of rotatable bonds is 3. The number of aryl methyl sites for hydroxylation is 1. The molecule has 0 fully saturated rings. The number of ether oxygens (including phenoxy) is 1. The summed E-state index contributed by atoms with van der Waals surface area (Å²) in [5.41, 5.74) is 6.49. The molecule has 4 aromatic carbocycles. The van der Waals surface area contributed by atoms with Crippen LogP contribution in [0.2, 0.25) is 0 Å². The molecule has 4 aromatic rings. The van der Waals surface area contributed by atoms with E-state index in [1.807, 2.05) is 0 Å². The lowest BCUT2D eigenvalue weighted by Gasteiger charge is -2.18. The van der Waals surface area contributed by atoms with Gasteiger partial charge < -0.3 is 4.74 Å². The molecule has 0 saturated carbocycles. The highest BCUT2D eigenvalue weighted by molar-refractivity contribution is 6.05. The van der Waals surface area contributed by atoms with E-state index in [1.165, 1.54) is 49.0 Å². The van der Waals surface area contributed by atoms with E-state index in [1.54, 1.807) is 7.11 Å². The van der Waals surface area contributed by atoms with Crippen molar-refractivity contribution in [1.29, 1.82) is 0 Å². The Bertz CT molecular complexity index is 1310. The summed E-state index contributed by atoms with van der Waals surface area (Å²) in [6, 6.07) is 26.2. The Balaban J connectivity index is 1.92. The summed E-state index contributed by atoms with van der Waals surface area (Å²) >= 11 is 0. The molecule has 0 heterocycles. The number of fused-ring (bicyclic) bond motifs is 2. The summed E-state index contributed by atoms with van der Waals surface area (Å²) in [7, 11) is 1.71. The van der Waals surface area contributed by atoms with Crippen LogP contribution < -0.4 is 15.2 Å². The van der Waals surface area contributed by atoms with E-state index in [9.17, 15) is 0 Å². The highest BCUT2D eigenvalue weighted by Crippen LogP contribution is 2.32. The standard InChI is InChI=1S/C28H24O/c1-19-11-13-20(14-12-19)27-23-7-3-5-9-25(23)28(26-10-6-4-8-24(26)27)21-15-17-22(29-2)18-16-21/h3,5,7-18H,4,6H2,1-2H3. The second kappa shape index (κ2) is 7.25. The van der Waals surface area contributed by atoms with Gasteiger partial charge in [-0.2, -0.15) is 0 Å². The van der Waals surface area contributed by atoms with Gasteiger partial charge >= 0.3 is 0 Å². The largest absolute Gasteiger partial charge is 0.497 e. The summed E-state index contributed by atoms with van der Waals surface area (Å²) in [6.07, 6.45) is 7.01. The lowest BCUT2D eigenvalue weighted by molar-refractivity contribution is 0.415. The lowest BCUT2D eigenvalue weighted by Crippen LogP contribution is -2.31. The van der Waals surface area contributed by atoms with E-state index >= 15 is 0 Å². The van der Waals surface area contributed by atoms with Crippen molar-refractivity contribution in [2.24, 2.45) is 0 Å². The average Bonchev–Trinajstić information content (AvgIpc) is 2.78. The van der Waals surface area contributed by atoms with Crippen LogP contribution in [0.15, 0.2) is 72.8 Å². The summed E-state index contributed by atoms with van der Waals surface area (Å²) < 4.78 is 5.38. The van der Waals surface area contributed by atoms with Crippen LogP contribution >= 0.6 is 0 Å². The van der Waals surface area contributed by atoms with Crippen LogP contribution in [0.3, 0.4) is 0 Å². The third-order valence-corrected chi connectivity index (χ3v) is 5.88. The molecule has 1 heteroatoms. The summed E-state index contributed by atoms with van der Waals surface area (Å²) in [5.74, 6) is 0.888. The second-order valence-corrected chi connectivity index (χ2v) is 7.70. The van der Waals surface area contributed by atoms with E-state index < -0.39 is 0 Å². The Labute approximate surface area is 171 Å². The van der Waals surface area contributed by atoms with Crippen molar-refractivity contribution in [1.82, 2.24) is 0 Å². The molecule has 0 aliphatic heterocycles. The molecule has 0 saturated heterocycles. The minimum Gasteiger partial charge on any atom is -0.497 e. The van der Waals surface area contributed by atoms with Crippen LogP contribution in [-0.2, 0) is 0 Å². The third-order valence-electron chi connectivity index (χ3n) is 5.88. The van der Waals surface area contributed by atoms with Crippen molar-refractivity contribution in [2.75, 3.05) is 7.11 Å². The molecule has 1 aliphatic carbocycles. The zero-order chi connectivity index (χ0) is 19.8. The molecule has 142 valence electrons. The predicted molar refractivity (Wildman–Crippen MR) is 124 cm³/mol. The SMILES string of the molecule is COc1ccc(-c2c3c(c(-c4ccc(C)cc4)c4ccccc24)=CCCC=3)cc1. The van der Waals surface area contributed by atoms with E-state index in [2.05, 4.69) is 91.9 Å². The molecule has 0 amide bonds. The molecular weight excluding hydrogens is 352 g/mol. The van der Waals surface area contributed by atoms with Crippen molar-refractivity contribution in [2.45, 2.75) is 19.8 Å². The zero-order valence-corrected chi connectivity index (χ0v) is 16.9. The van der Waals surface area contributed by atoms with Crippen molar-refractivity contribution in [3.63, 3.8) is 0 Å². The highest BCUT2D eigenvalue weighted by Gasteiger charge is 2.15. The first-order valence-corrected chi connectivity index (χ1v) is 10.2. The summed E-state index contributed by atoms with van der Waals surface area (Å²) in [5, 5.41) is 5.34. The molecule has 0 radical (unpaired) electrons. The molecule has 0 aromatic heterocycles. The van der Waals surface area contributed by atoms with Crippen LogP contribution in [0, 0.1) is 6.92 Å². The van der Waals surface area contributed by atoms with Gasteiger partial charge in [0, 0.05) is 0 Å². The second-order valence-electron chi connectivity index (χ2n) is 7.70. The maximum atomic E-state index is 5.38. The van der Waals surface area contributed by atoms with Gasteiger partial charge in [0.2, 0.25) is 0 Å². The fourth-order valence-electron chi connectivity index (χ4n) is 4.46. The molecule has 1 nitrogen and oxygen atoms in total. The topological polar surface area (TPSA) is 9.23 Å². The minimum atomic E-state index is 0.888. The fraction of sp³-hybridized carbons (Fsp3) is 0.143. The first kappa shape index (κ1) is 17.8. The van der Waals surface area contributed by atoms with Gasteiger partial charge in [-0.1, -0.05) is 78.4 Å². The molecular formula is C28H24O. The lowest BCUT2D eigenvalue weighted by atomic mass is 9.86. The summed E-state index contributed by atoms with van der Waals surface area (Å²) in [6.45, 7) is 2.14. The Morgan fingerprint density at radius 3 is 1.59 bits per heavy atom. The van der Waals surface area contributed by atoms with Gasteiger partial charge in [0.15, 0.2) is 0 Å². The van der Waals surface area contributed by atoms with Gasteiger partial charge in [0.25, 0.3) is 0 Å². The van der Waals surface area contributed by atoms with E-state index in [0.29, 0.717) is 0 Å². The van der Waals surface area contributed by atoms with Crippen LogP contribution in [-0.4, -0.2) is 7.11 Å². The number of methoxy groups -OCH3 is 1. The van der Waals surface area contributed by atoms with Crippen molar-refractivity contribution in [3.8, 4) is 28.0 Å². The Morgan fingerprint density at radius 1 is 0.621 bits per heavy atom. The smallest absolute Gasteiger partial charge is 0.118 e. The maximum absolute atomic E-state index is 5.38. The maximum Gasteiger partial charge on any atom is 0.118 e. The monoisotopic (exact) mass is 376 g/mol. The highest BCUT2D eigenvalue weighted by atomic mass is 16.5. The van der Waals surface area contributed by atoms with Crippen molar-refractivity contribution < 1.29 is 4.74 Å². The fourth-order valence-corrected chi connectivity index (χ4v) is 4.46. The normalized spacial score (nSPS) is 12.8. The predicted octanol–water partition coefficient (Wildman–Crippen LogP) is 5.85. The minimum absolute atomic E-state index is 0.888. The quantitative estimate of drug-likeness (QED) is 0.436. The molecule has 0 N–H and O–H groups in total. The van der Waals surface area contributed by atoms with E-state index in [4.69, 9.17) is 4.74 Å². The van der Waals surface area contributed by atoms with E-state index in [0.717, 1.165) is 18.6 Å². The number of hydrogen-bond acceptors (Lipinski definition) is 1. The molecule has 1 aliphatic rings. The van der Waals surface area contributed by atoms with Crippen LogP contribution in [0.1, 0.15) is 18.4 Å². The van der Waals surface area contributed by atoms with Crippen LogP contribution in [0.25, 0.3) is 45.2 Å². The molecule has 0 bridgehead atoms. The zero-order valence-electron chi connectivity index (χ0n) is 16.9. The Morgan fingerprint density at radius 2 is 1.10 bits per heavy atom. The van der Waals surface area contributed by atoms with Gasteiger partial charge in [-0.25, -0.2) is 0 Å². The van der Waals surface area contributed by atoms with Gasteiger partial charge in [-0.15, -0.1) is 0 Å². The summed E-state index contributed by atoms with van der Waals surface area (Å²) in [4.78, 5) is 0. The molecule has 0 spiro atoms. The third kappa shape index (κ3) is 3.03. The van der Waals surface area contributed by atoms with Gasteiger partial charge in [-0.05, 0) is 75.4 Å². The van der Waals surface area contributed by atoms with Crippen molar-refractivity contribution >= 4 is 22.9 Å². The molecule has 0 unspecified atom stereocenters.